The molecular formula is C6H7ClN2O. The van der Waals surface area contributed by atoms with Crippen LogP contribution < -0.4 is 5.73 Å². The van der Waals surface area contributed by atoms with Crippen molar-refractivity contribution in [2.45, 2.75) is 18.4 Å². The molecule has 0 atom stereocenters. The second-order valence-corrected chi connectivity index (χ2v) is 3.04. The van der Waals surface area contributed by atoms with Crippen molar-refractivity contribution in [2.75, 3.05) is 0 Å². The first-order chi connectivity index (χ1) is 4.71. The molecule has 10 heavy (non-hydrogen) atoms. The highest BCUT2D eigenvalue weighted by atomic mass is 35.5. The van der Waals surface area contributed by atoms with Gasteiger partial charge in [0.15, 0.2) is 0 Å². The molecule has 4 heteroatoms. The highest BCUT2D eigenvalue weighted by molar-refractivity contribution is 6.28. The van der Waals surface area contributed by atoms with E-state index in [9.17, 15) is 0 Å². The zero-order valence-corrected chi connectivity index (χ0v) is 6.06. The maximum atomic E-state index is 5.80. The molecular weight excluding hydrogens is 152 g/mol. The SMILES string of the molecule is NC1(c2cc(Cl)on2)CC1. The van der Waals surface area contributed by atoms with Crippen molar-refractivity contribution in [3.05, 3.63) is 17.0 Å². The quantitative estimate of drug-likeness (QED) is 0.670. The number of hydrogen-bond acceptors (Lipinski definition) is 3. The second-order valence-electron chi connectivity index (χ2n) is 2.67. The lowest BCUT2D eigenvalue weighted by atomic mass is 10.2. The molecule has 1 aromatic heterocycles. The Hall–Kier alpha value is -0.540. The smallest absolute Gasteiger partial charge is 0.226 e. The lowest BCUT2D eigenvalue weighted by Crippen LogP contribution is -2.18. The fourth-order valence-corrected chi connectivity index (χ4v) is 1.02. The van der Waals surface area contributed by atoms with Crippen molar-refractivity contribution in [3.8, 4) is 0 Å². The number of halogens is 1. The van der Waals surface area contributed by atoms with Gasteiger partial charge in [-0.05, 0) is 24.4 Å². The van der Waals surface area contributed by atoms with Gasteiger partial charge in [0.05, 0.1) is 5.54 Å². The van der Waals surface area contributed by atoms with Gasteiger partial charge in [0.25, 0.3) is 0 Å². The molecule has 0 amide bonds. The minimum Gasteiger partial charge on any atom is -0.344 e. The molecule has 1 fully saturated rings. The van der Waals surface area contributed by atoms with E-state index in [0.29, 0.717) is 5.22 Å². The maximum absolute atomic E-state index is 5.80. The Bertz CT molecular complexity index is 254. The van der Waals surface area contributed by atoms with Gasteiger partial charge < -0.3 is 10.3 Å². The Kier molecular flexibility index (Phi) is 1.08. The lowest BCUT2D eigenvalue weighted by molar-refractivity contribution is 0.405. The van der Waals surface area contributed by atoms with Crippen LogP contribution in [0, 0.1) is 0 Å². The van der Waals surface area contributed by atoms with Gasteiger partial charge in [-0.1, -0.05) is 5.16 Å². The van der Waals surface area contributed by atoms with Gasteiger partial charge in [0.1, 0.15) is 5.69 Å². The fourth-order valence-electron chi connectivity index (χ4n) is 0.878. The van der Waals surface area contributed by atoms with Gasteiger partial charge in [0, 0.05) is 6.07 Å². The van der Waals surface area contributed by atoms with E-state index in [2.05, 4.69) is 9.68 Å². The van der Waals surface area contributed by atoms with Crippen LogP contribution >= 0.6 is 11.6 Å². The largest absolute Gasteiger partial charge is 0.344 e. The van der Waals surface area contributed by atoms with Crippen molar-refractivity contribution < 1.29 is 4.52 Å². The molecule has 0 saturated heterocycles. The summed E-state index contributed by atoms with van der Waals surface area (Å²) < 4.78 is 4.67. The average Bonchev–Trinajstić information content (AvgIpc) is 2.45. The highest BCUT2D eigenvalue weighted by Gasteiger charge is 2.42. The van der Waals surface area contributed by atoms with E-state index in [-0.39, 0.29) is 5.54 Å². The van der Waals surface area contributed by atoms with Crippen LogP contribution in [0.2, 0.25) is 5.22 Å². The summed E-state index contributed by atoms with van der Waals surface area (Å²) in [7, 11) is 0. The molecule has 1 aliphatic carbocycles. The number of nitrogens with zero attached hydrogens (tertiary/aromatic N) is 1. The molecule has 2 rings (SSSR count). The molecule has 2 N–H and O–H groups in total. The Labute approximate surface area is 63.1 Å². The zero-order chi connectivity index (χ0) is 7.19. The van der Waals surface area contributed by atoms with Crippen LogP contribution in [0.25, 0.3) is 0 Å². The topological polar surface area (TPSA) is 52.0 Å². The Morgan fingerprint density at radius 1 is 1.70 bits per heavy atom. The monoisotopic (exact) mass is 158 g/mol. The summed E-state index contributed by atoms with van der Waals surface area (Å²) in [6.45, 7) is 0. The van der Waals surface area contributed by atoms with Gasteiger partial charge in [-0.3, -0.25) is 0 Å². The van der Waals surface area contributed by atoms with Crippen LogP contribution in [0.4, 0.5) is 0 Å². The van der Waals surface area contributed by atoms with E-state index in [1.54, 1.807) is 6.07 Å². The number of hydrogen-bond donors (Lipinski definition) is 1. The molecule has 0 radical (unpaired) electrons. The van der Waals surface area contributed by atoms with Crippen LogP contribution in [-0.4, -0.2) is 5.16 Å². The Balaban J connectivity index is 2.34. The maximum Gasteiger partial charge on any atom is 0.226 e. The van der Waals surface area contributed by atoms with Crippen LogP contribution in [-0.2, 0) is 5.54 Å². The summed E-state index contributed by atoms with van der Waals surface area (Å²) in [5.74, 6) is 0. The molecule has 0 unspecified atom stereocenters. The van der Waals surface area contributed by atoms with Crippen LogP contribution in [0.5, 0.6) is 0 Å². The summed E-state index contributed by atoms with van der Waals surface area (Å²) in [6.07, 6.45) is 1.96. The van der Waals surface area contributed by atoms with Crippen LogP contribution in [0.1, 0.15) is 18.5 Å². The summed E-state index contributed by atoms with van der Waals surface area (Å²) in [5.41, 5.74) is 6.35. The van der Waals surface area contributed by atoms with E-state index < -0.39 is 0 Å². The Morgan fingerprint density at radius 2 is 2.40 bits per heavy atom. The predicted molar refractivity (Wildman–Crippen MR) is 36.6 cm³/mol. The molecule has 1 heterocycles. The summed E-state index contributed by atoms with van der Waals surface area (Å²) >= 11 is 5.51. The van der Waals surface area contributed by atoms with Gasteiger partial charge in [0.2, 0.25) is 5.22 Å². The van der Waals surface area contributed by atoms with Crippen LogP contribution in [0.15, 0.2) is 10.6 Å². The average molecular weight is 159 g/mol. The summed E-state index contributed by atoms with van der Waals surface area (Å²) in [5, 5.41) is 4.03. The summed E-state index contributed by atoms with van der Waals surface area (Å²) in [6, 6.07) is 1.68. The predicted octanol–water partition coefficient (Wildman–Crippen LogP) is 1.28. The normalized spacial score (nSPS) is 21.0. The van der Waals surface area contributed by atoms with Gasteiger partial charge in [-0.15, -0.1) is 0 Å². The van der Waals surface area contributed by atoms with Crippen molar-refractivity contribution in [3.63, 3.8) is 0 Å². The molecule has 1 saturated carbocycles. The number of rotatable bonds is 1. The molecule has 0 aliphatic heterocycles. The molecule has 1 aliphatic rings. The minimum atomic E-state index is -0.226. The van der Waals surface area contributed by atoms with Crippen molar-refractivity contribution in [2.24, 2.45) is 5.73 Å². The van der Waals surface area contributed by atoms with Crippen molar-refractivity contribution in [1.82, 2.24) is 5.16 Å². The first-order valence-corrected chi connectivity index (χ1v) is 3.50. The number of nitrogens with two attached hydrogens (primary N) is 1. The van der Waals surface area contributed by atoms with E-state index in [1.165, 1.54) is 0 Å². The van der Waals surface area contributed by atoms with E-state index in [1.807, 2.05) is 0 Å². The molecule has 0 aromatic carbocycles. The third-order valence-electron chi connectivity index (χ3n) is 1.78. The van der Waals surface area contributed by atoms with E-state index in [0.717, 1.165) is 18.5 Å². The molecule has 1 aromatic rings. The van der Waals surface area contributed by atoms with Crippen LogP contribution in [0.3, 0.4) is 0 Å². The Morgan fingerprint density at radius 3 is 2.80 bits per heavy atom. The molecule has 0 bridgehead atoms. The fraction of sp³-hybridized carbons (Fsp3) is 0.500. The zero-order valence-electron chi connectivity index (χ0n) is 5.30. The number of aromatic nitrogens is 1. The molecule has 0 spiro atoms. The van der Waals surface area contributed by atoms with Gasteiger partial charge >= 0.3 is 0 Å². The summed E-state index contributed by atoms with van der Waals surface area (Å²) in [4.78, 5) is 0. The van der Waals surface area contributed by atoms with Gasteiger partial charge in [-0.2, -0.15) is 0 Å². The third kappa shape index (κ3) is 0.822. The molecule has 54 valence electrons. The van der Waals surface area contributed by atoms with Crippen molar-refractivity contribution >= 4 is 11.6 Å². The molecule has 3 nitrogen and oxygen atoms in total. The highest BCUT2D eigenvalue weighted by Crippen LogP contribution is 2.42. The minimum absolute atomic E-state index is 0.226. The second kappa shape index (κ2) is 1.74. The first-order valence-electron chi connectivity index (χ1n) is 3.12. The van der Waals surface area contributed by atoms with E-state index >= 15 is 0 Å². The van der Waals surface area contributed by atoms with Gasteiger partial charge in [-0.25, -0.2) is 0 Å². The first kappa shape index (κ1) is 6.19. The lowest BCUT2D eigenvalue weighted by Gasteiger charge is -1.98. The van der Waals surface area contributed by atoms with Crippen molar-refractivity contribution in [1.29, 1.82) is 0 Å². The third-order valence-corrected chi connectivity index (χ3v) is 1.96. The standard InChI is InChI=1S/C6H7ClN2O/c7-5-3-4(9-10-5)6(8)1-2-6/h3H,1-2,8H2. The van der Waals surface area contributed by atoms with E-state index in [4.69, 9.17) is 17.3 Å².